The summed E-state index contributed by atoms with van der Waals surface area (Å²) in [6.07, 6.45) is 14.4. The van der Waals surface area contributed by atoms with Gasteiger partial charge in [-0.2, -0.15) is 0 Å². The number of carboxylic acid groups (broad SMARTS) is 2. The van der Waals surface area contributed by atoms with E-state index in [-0.39, 0.29) is 11.1 Å². The number of quaternary nitrogens is 1. The standard InChI is InChI=1S/C15H34N.C8H6O4/c1-5-6-7-8-9-10-11-12-13-14-15-16(2,3)4;9-7(10)5-2-1-3-6(4-5)8(11)12/h5-15H2,1-4H3;1-4H,(H,9,10)(H,11,12)/q+1;/p-1. The molecule has 0 heterocycles. The summed E-state index contributed by atoms with van der Waals surface area (Å²) in [5.74, 6) is -2.53. The van der Waals surface area contributed by atoms with Gasteiger partial charge in [-0.1, -0.05) is 70.4 Å². The summed E-state index contributed by atoms with van der Waals surface area (Å²) >= 11 is 0. The van der Waals surface area contributed by atoms with E-state index in [0.717, 1.165) is 10.5 Å². The van der Waals surface area contributed by atoms with Gasteiger partial charge in [0.2, 0.25) is 0 Å². The number of hydrogen-bond acceptors (Lipinski definition) is 3. The van der Waals surface area contributed by atoms with E-state index >= 15 is 0 Å². The van der Waals surface area contributed by atoms with Crippen molar-refractivity contribution in [2.45, 2.75) is 71.1 Å². The van der Waals surface area contributed by atoms with Gasteiger partial charge in [0.05, 0.1) is 39.2 Å². The molecule has 0 aliphatic heterocycles. The van der Waals surface area contributed by atoms with E-state index in [9.17, 15) is 14.7 Å². The smallest absolute Gasteiger partial charge is 0.335 e. The third kappa shape index (κ3) is 15.2. The van der Waals surface area contributed by atoms with Crippen molar-refractivity contribution in [2.75, 3.05) is 27.7 Å². The fourth-order valence-corrected chi connectivity index (χ4v) is 2.85. The van der Waals surface area contributed by atoms with Crippen molar-refractivity contribution in [2.24, 2.45) is 0 Å². The molecule has 0 fully saturated rings. The highest BCUT2D eigenvalue weighted by molar-refractivity contribution is 5.92. The van der Waals surface area contributed by atoms with E-state index in [4.69, 9.17) is 5.11 Å². The van der Waals surface area contributed by atoms with Gasteiger partial charge >= 0.3 is 5.97 Å². The Labute approximate surface area is 171 Å². The third-order valence-corrected chi connectivity index (χ3v) is 4.53. The van der Waals surface area contributed by atoms with E-state index in [1.165, 1.54) is 89.0 Å². The van der Waals surface area contributed by atoms with E-state index in [1.54, 1.807) is 0 Å². The summed E-state index contributed by atoms with van der Waals surface area (Å²) in [6, 6.07) is 5.00. The van der Waals surface area contributed by atoms with Crippen molar-refractivity contribution < 1.29 is 24.3 Å². The minimum absolute atomic E-state index is 0.0586. The predicted octanol–water partition coefficient (Wildman–Crippen LogP) is 4.36. The summed E-state index contributed by atoms with van der Waals surface area (Å²) in [4.78, 5) is 20.6. The van der Waals surface area contributed by atoms with Gasteiger partial charge in [0.1, 0.15) is 0 Å². The number of aromatic carboxylic acids is 2. The molecular weight excluding hydrogens is 354 g/mol. The zero-order chi connectivity index (χ0) is 21.4. The molecule has 160 valence electrons. The van der Waals surface area contributed by atoms with Crippen molar-refractivity contribution in [3.05, 3.63) is 35.4 Å². The summed E-state index contributed by atoms with van der Waals surface area (Å²) in [7, 11) is 6.86. The quantitative estimate of drug-likeness (QED) is 0.399. The molecule has 1 N–H and O–H groups in total. The van der Waals surface area contributed by atoms with Gasteiger partial charge in [-0.15, -0.1) is 0 Å². The van der Waals surface area contributed by atoms with Crippen molar-refractivity contribution in [1.29, 1.82) is 0 Å². The molecule has 0 aromatic heterocycles. The van der Waals surface area contributed by atoms with Crippen molar-refractivity contribution in [1.82, 2.24) is 0 Å². The van der Waals surface area contributed by atoms with Crippen LogP contribution in [-0.4, -0.2) is 49.2 Å². The maximum Gasteiger partial charge on any atom is 0.335 e. The number of rotatable bonds is 13. The number of nitrogens with zero attached hydrogens (tertiary/aromatic N) is 1. The Hall–Kier alpha value is -1.88. The molecule has 1 rings (SSSR count). The van der Waals surface area contributed by atoms with Crippen LogP contribution in [0, 0.1) is 0 Å². The van der Waals surface area contributed by atoms with Gasteiger partial charge in [-0.25, -0.2) is 4.79 Å². The van der Waals surface area contributed by atoms with E-state index < -0.39 is 11.9 Å². The maximum absolute atomic E-state index is 10.4. The van der Waals surface area contributed by atoms with Gasteiger partial charge in [0, 0.05) is 0 Å². The van der Waals surface area contributed by atoms with Crippen LogP contribution in [0.4, 0.5) is 0 Å². The highest BCUT2D eigenvalue weighted by Crippen LogP contribution is 2.11. The Morgan fingerprint density at radius 3 is 1.75 bits per heavy atom. The minimum atomic E-state index is -1.38. The highest BCUT2D eigenvalue weighted by Gasteiger charge is 2.05. The van der Waals surface area contributed by atoms with Crippen molar-refractivity contribution >= 4 is 11.9 Å². The first kappa shape index (κ1) is 26.1. The summed E-state index contributed by atoms with van der Waals surface area (Å²) in [6.45, 7) is 3.62. The number of benzene rings is 1. The molecule has 0 spiro atoms. The predicted molar refractivity (Wildman–Crippen MR) is 112 cm³/mol. The van der Waals surface area contributed by atoms with E-state index in [0.29, 0.717) is 0 Å². The second-order valence-electron chi connectivity index (χ2n) is 8.37. The molecular formula is C23H39NO4. The van der Waals surface area contributed by atoms with Crippen LogP contribution >= 0.6 is 0 Å². The van der Waals surface area contributed by atoms with Crippen LogP contribution in [0.3, 0.4) is 0 Å². The molecule has 1 aromatic rings. The van der Waals surface area contributed by atoms with Crippen molar-refractivity contribution in [3.63, 3.8) is 0 Å². The van der Waals surface area contributed by atoms with E-state index in [1.807, 2.05) is 0 Å². The number of hydrogen-bond donors (Lipinski definition) is 1. The fraction of sp³-hybridized carbons (Fsp3) is 0.652. The summed E-state index contributed by atoms with van der Waals surface area (Å²) in [5, 5.41) is 18.7. The average molecular weight is 394 g/mol. The van der Waals surface area contributed by atoms with Crippen LogP contribution in [0.15, 0.2) is 24.3 Å². The van der Waals surface area contributed by atoms with Crippen molar-refractivity contribution in [3.8, 4) is 0 Å². The van der Waals surface area contributed by atoms with Gasteiger partial charge in [0.15, 0.2) is 0 Å². The maximum atomic E-state index is 10.4. The summed E-state index contributed by atoms with van der Waals surface area (Å²) in [5.41, 5.74) is -0.188. The molecule has 0 bridgehead atoms. The normalized spacial score (nSPS) is 10.9. The number of unbranched alkanes of at least 4 members (excludes halogenated alkanes) is 9. The van der Waals surface area contributed by atoms with Gasteiger partial charge in [-0.05, 0) is 30.5 Å². The third-order valence-electron chi connectivity index (χ3n) is 4.53. The van der Waals surface area contributed by atoms with E-state index in [2.05, 4.69) is 28.1 Å². The molecule has 1 aromatic carbocycles. The van der Waals surface area contributed by atoms with Crippen LogP contribution in [0.25, 0.3) is 0 Å². The molecule has 0 aliphatic rings. The first-order chi connectivity index (χ1) is 13.2. The lowest BCUT2D eigenvalue weighted by Crippen LogP contribution is -2.35. The molecule has 0 amide bonds. The minimum Gasteiger partial charge on any atom is -0.545 e. The monoisotopic (exact) mass is 393 g/mol. The molecule has 0 unspecified atom stereocenters. The van der Waals surface area contributed by atoms with Gasteiger partial charge < -0.3 is 19.5 Å². The van der Waals surface area contributed by atoms with Gasteiger partial charge in [0.25, 0.3) is 0 Å². The molecule has 0 saturated heterocycles. The molecule has 0 radical (unpaired) electrons. The number of carboxylic acids is 2. The lowest BCUT2D eigenvalue weighted by molar-refractivity contribution is -0.870. The van der Waals surface area contributed by atoms with Gasteiger partial charge in [-0.3, -0.25) is 0 Å². The SMILES string of the molecule is CCCCCCCCCCCC[N+](C)(C)C.O=C([O-])c1cccc(C(=O)O)c1. The molecule has 0 aliphatic carbocycles. The van der Waals surface area contributed by atoms with Crippen LogP contribution in [0.2, 0.25) is 0 Å². The molecule has 5 heteroatoms. The first-order valence-corrected chi connectivity index (χ1v) is 10.5. The second-order valence-corrected chi connectivity index (χ2v) is 8.37. The Morgan fingerprint density at radius 2 is 1.32 bits per heavy atom. The zero-order valence-corrected chi connectivity index (χ0v) is 18.2. The molecule has 28 heavy (non-hydrogen) atoms. The zero-order valence-electron chi connectivity index (χ0n) is 18.2. The molecule has 0 saturated carbocycles. The molecule has 0 atom stereocenters. The Balaban J connectivity index is 0.000000540. The lowest BCUT2D eigenvalue weighted by atomic mass is 10.1. The molecule has 5 nitrogen and oxygen atoms in total. The number of carbonyl (C=O) groups excluding carboxylic acids is 1. The lowest BCUT2D eigenvalue weighted by Gasteiger charge is -2.23. The summed E-state index contributed by atoms with van der Waals surface area (Å²) < 4.78 is 1.12. The second kappa shape index (κ2) is 15.1. The largest absolute Gasteiger partial charge is 0.545 e. The average Bonchev–Trinajstić information content (AvgIpc) is 2.63. The Morgan fingerprint density at radius 1 is 0.857 bits per heavy atom. The van der Waals surface area contributed by atoms with Crippen LogP contribution in [-0.2, 0) is 0 Å². The highest BCUT2D eigenvalue weighted by atomic mass is 16.4. The van der Waals surface area contributed by atoms with Crippen LogP contribution in [0.5, 0.6) is 0 Å². The topological polar surface area (TPSA) is 77.4 Å². The Bertz CT molecular complexity index is 535. The Kier molecular flexibility index (Phi) is 14.1. The number of carbonyl (C=O) groups is 2. The first-order valence-electron chi connectivity index (χ1n) is 10.5. The van der Waals surface area contributed by atoms with Crippen LogP contribution in [0.1, 0.15) is 91.8 Å². The fourth-order valence-electron chi connectivity index (χ4n) is 2.85. The van der Waals surface area contributed by atoms with Crippen LogP contribution < -0.4 is 5.11 Å².